The maximum Gasteiger partial charge on any atom is 0.251 e. The normalized spacial score (nSPS) is 18.4. The molecule has 6 aromatic carbocycles. The first kappa shape index (κ1) is 76.8. The molecule has 16 rings (SSSR count). The minimum Gasteiger partial charge on any atom is -0.487 e. The minimum absolute atomic E-state index is 0.0260. The predicted molar refractivity (Wildman–Crippen MR) is 422 cm³/mol. The number of anilines is 9. The fourth-order valence-corrected chi connectivity index (χ4v) is 14.3. The van der Waals surface area contributed by atoms with E-state index in [4.69, 9.17) is 29.3 Å². The van der Waals surface area contributed by atoms with Gasteiger partial charge in [0.1, 0.15) is 77.9 Å². The van der Waals surface area contributed by atoms with E-state index in [1.54, 1.807) is 70.9 Å². The van der Waals surface area contributed by atoms with Crippen LogP contribution in [0.3, 0.4) is 0 Å². The molecule has 7 aliphatic heterocycles. The molecular weight excluding hydrogens is 1420 g/mol. The zero-order chi connectivity index (χ0) is 77.5. The van der Waals surface area contributed by atoms with Crippen LogP contribution in [-0.2, 0) is 19.1 Å². The topological polar surface area (TPSA) is 322 Å². The van der Waals surface area contributed by atoms with Crippen molar-refractivity contribution in [1.82, 2.24) is 54.4 Å². The summed E-state index contributed by atoms with van der Waals surface area (Å²) in [6, 6.07) is 52.7. The molecule has 0 radical (unpaired) electrons. The van der Waals surface area contributed by atoms with E-state index in [9.17, 15) is 29.6 Å². The molecule has 0 aliphatic carbocycles. The lowest BCUT2D eigenvalue weighted by molar-refractivity contribution is -0.138. The van der Waals surface area contributed by atoms with Gasteiger partial charge >= 0.3 is 0 Å². The predicted octanol–water partition coefficient (Wildman–Crippen LogP) is 8.54. The van der Waals surface area contributed by atoms with E-state index in [1.807, 2.05) is 48.5 Å². The molecule has 28 nitrogen and oxygen atoms in total. The van der Waals surface area contributed by atoms with Crippen LogP contribution in [-0.4, -0.2) is 252 Å². The number of hydrogen-bond donors (Lipinski definition) is 5. The highest BCUT2D eigenvalue weighted by molar-refractivity contribution is 5.80. The second-order valence-corrected chi connectivity index (χ2v) is 28.5. The van der Waals surface area contributed by atoms with Gasteiger partial charge in [0.05, 0.1) is 68.3 Å². The van der Waals surface area contributed by atoms with E-state index >= 15 is 0 Å². The van der Waals surface area contributed by atoms with Gasteiger partial charge in [0, 0.05) is 174 Å². The number of likely N-dealkylation sites (tertiary alicyclic amines) is 2. The van der Waals surface area contributed by atoms with Gasteiger partial charge in [-0.05, 0) is 160 Å². The van der Waals surface area contributed by atoms with Gasteiger partial charge in [-0.25, -0.2) is 34.3 Å². The van der Waals surface area contributed by atoms with Crippen LogP contribution >= 0.6 is 0 Å². The molecule has 5 N–H and O–H groups in total. The molecule has 0 spiro atoms. The Bertz CT molecular complexity index is 4860. The molecule has 3 atom stereocenters. The first-order valence-corrected chi connectivity index (χ1v) is 37.8. The third-order valence-electron chi connectivity index (χ3n) is 21.0. The lowest BCUT2D eigenvalue weighted by Crippen LogP contribution is -2.56. The van der Waals surface area contributed by atoms with Crippen LogP contribution in [0.2, 0.25) is 0 Å². The van der Waals surface area contributed by atoms with Crippen LogP contribution in [0.15, 0.2) is 164 Å². The first-order valence-electron chi connectivity index (χ1n) is 37.8. The van der Waals surface area contributed by atoms with E-state index < -0.39 is 18.5 Å². The number of carbonyl (C=O) groups excluding carboxylic acids is 2. The Morgan fingerprint density at radius 3 is 1.23 bits per heavy atom. The van der Waals surface area contributed by atoms with Crippen molar-refractivity contribution in [2.24, 2.45) is 0 Å². The Labute approximate surface area is 649 Å². The lowest BCUT2D eigenvalue weighted by atomic mass is 10.1. The first-order chi connectivity index (χ1) is 54.7. The van der Waals surface area contributed by atoms with Crippen molar-refractivity contribution in [1.29, 1.82) is 15.8 Å². The maximum atomic E-state index is 13.6. The maximum absolute atomic E-state index is 13.6. The van der Waals surface area contributed by atoms with Gasteiger partial charge in [-0.1, -0.05) is 0 Å². The quantitative estimate of drug-likeness (QED) is 0.0477. The Hall–Kier alpha value is -12.0. The summed E-state index contributed by atoms with van der Waals surface area (Å²) >= 11 is 0. The van der Waals surface area contributed by atoms with E-state index in [2.05, 4.69) is 143 Å². The number of likely N-dealkylation sites (N-methyl/N-ethyl adjacent to an activating group) is 1. The van der Waals surface area contributed by atoms with Gasteiger partial charge in [-0.3, -0.25) is 19.4 Å². The molecule has 2 amide bonds. The third-order valence-corrected chi connectivity index (χ3v) is 21.0. The molecule has 29 heteroatoms. The molecule has 10 heterocycles. The highest BCUT2D eigenvalue weighted by Crippen LogP contribution is 2.33. The molecule has 112 heavy (non-hydrogen) atoms. The number of halogens is 1. The van der Waals surface area contributed by atoms with Crippen molar-refractivity contribution in [3.05, 3.63) is 187 Å². The molecule has 7 fully saturated rings. The summed E-state index contributed by atoms with van der Waals surface area (Å²) in [6.45, 7) is 18.7. The van der Waals surface area contributed by atoms with Crippen molar-refractivity contribution >= 4 is 63.4 Å². The molecule has 0 unspecified atom stereocenters. The summed E-state index contributed by atoms with van der Waals surface area (Å²) in [7, 11) is 2.15. The molecule has 9 aromatic rings. The summed E-state index contributed by atoms with van der Waals surface area (Å²) in [5.41, 5.74) is 9.10. The van der Waals surface area contributed by atoms with Gasteiger partial charge in [0.25, 0.3) is 5.91 Å². The zero-order valence-electron chi connectivity index (χ0n) is 62.6. The highest BCUT2D eigenvalue weighted by atomic mass is 19.1. The minimum atomic E-state index is -1.04. The number of nitrogens with one attached hydrogen (secondary N) is 3. The van der Waals surface area contributed by atoms with Crippen molar-refractivity contribution in [2.75, 3.05) is 175 Å². The molecular formula is C83H89FN20O8. The van der Waals surface area contributed by atoms with Gasteiger partial charge in [0.15, 0.2) is 17.5 Å². The van der Waals surface area contributed by atoms with Gasteiger partial charge in [-0.2, -0.15) is 15.8 Å². The number of nitrogens with zero attached hydrogens (tertiary/aromatic N) is 17. The molecule has 0 bridgehead atoms. The van der Waals surface area contributed by atoms with Crippen LogP contribution in [0.1, 0.15) is 36.5 Å². The van der Waals surface area contributed by atoms with Gasteiger partial charge in [0.2, 0.25) is 5.91 Å². The average Bonchev–Trinajstić information content (AvgIpc) is 1.27. The number of benzene rings is 6. The molecule has 0 saturated carbocycles. The van der Waals surface area contributed by atoms with Crippen LogP contribution in [0, 0.1) is 39.8 Å². The monoisotopic (exact) mass is 1510 g/mol. The molecule has 3 aromatic heterocycles. The summed E-state index contributed by atoms with van der Waals surface area (Å²) in [5.74, 6) is 3.06. The summed E-state index contributed by atoms with van der Waals surface area (Å²) in [5, 5.41) is 57.2. The van der Waals surface area contributed by atoms with Crippen molar-refractivity contribution in [3.63, 3.8) is 0 Å². The number of amides is 2. The van der Waals surface area contributed by atoms with Gasteiger partial charge < -0.3 is 74.5 Å². The Morgan fingerprint density at radius 1 is 0.500 bits per heavy atom. The smallest absolute Gasteiger partial charge is 0.251 e. The molecule has 7 aliphatic rings. The number of piperazine rings is 3. The standard InChI is InChI=1S/C31H35N7O4.C28H31N7O3.C24H23FN6O/c1-21(39)31(40)38-11-9-27(18-38)42-28-7-2-22(16-23(28)17-32)30-33-10-8-29(35-30)34-24-3-5-25(6-4-24)36-12-14-37(15-13-36)26-19-41-20-26;1-33-12-14-34(15-13-33)23-5-3-22(4-6-23)31-26-8-10-30-28(32-26)20-2-7-25(21(16-20)17-29)38-24-9-11-35(18-24)27(37)19-36;25-22-6-1-17(13-18(22)14-26)24-27-8-7-23(29-24)28-19-2-4-20(5-3-19)30-9-11-31(12-10-30)21-15-32-16-21/h2-8,10,16,21,26-27,39H,9,11-15,18-20H2,1H3,(H,33,34,35);2-8,10,16,24,36H,9,11-15,18-19H2,1H3,(H,30,31,32);1-8,13,21H,9-12,15-16H2,(H,27,28,29)/t21-,27+;24-;/m01./s1. The number of carbonyl (C=O) groups is 2. The van der Waals surface area contributed by atoms with E-state index in [0.29, 0.717) is 125 Å². The van der Waals surface area contributed by atoms with E-state index in [0.717, 1.165) is 122 Å². The number of aromatic nitrogens is 6. The lowest BCUT2D eigenvalue weighted by Gasteiger charge is -2.43. The van der Waals surface area contributed by atoms with Crippen LogP contribution in [0.25, 0.3) is 34.2 Å². The van der Waals surface area contributed by atoms with E-state index in [1.165, 1.54) is 36.1 Å². The summed E-state index contributed by atoms with van der Waals surface area (Å²) < 4.78 is 36.3. The number of aliphatic hydroxyl groups excluding tert-OH is 2. The fraction of sp³-hybridized carbons (Fsp3) is 0.361. The number of hydrogen-bond acceptors (Lipinski definition) is 26. The van der Waals surface area contributed by atoms with E-state index in [-0.39, 0.29) is 29.6 Å². The number of aliphatic hydroxyl groups is 2. The number of nitriles is 3. The highest BCUT2D eigenvalue weighted by Gasteiger charge is 2.33. The van der Waals surface area contributed by atoms with Crippen molar-refractivity contribution in [2.45, 2.75) is 50.2 Å². The van der Waals surface area contributed by atoms with Crippen LogP contribution in [0.5, 0.6) is 11.5 Å². The molecule has 7 saturated heterocycles. The second kappa shape index (κ2) is 36.2. The Kier molecular flexibility index (Phi) is 24.8. The second-order valence-electron chi connectivity index (χ2n) is 28.5. The van der Waals surface area contributed by atoms with Crippen molar-refractivity contribution < 1.29 is 43.1 Å². The SMILES string of the molecule is CN1CCN(c2ccc(Nc3ccnc(-c4ccc(O[C@@H]5CCN(C(=O)CO)C5)c(C#N)c4)n3)cc2)CC1.C[C@H](O)C(=O)N1CC[C@@H](Oc2ccc(-c3nccc(Nc4ccc(N5CCN(C6COC6)CC5)cc4)n3)cc2C#N)C1.N#Cc1cc(-c2nccc(Nc3ccc(N4CCN(C5COC5)CC4)cc3)n2)ccc1F. The molecule has 576 valence electrons. The Balaban J connectivity index is 0.000000141. The fourth-order valence-electron chi connectivity index (χ4n) is 14.3. The average molecular weight is 1510 g/mol. The van der Waals surface area contributed by atoms with Crippen LogP contribution < -0.4 is 40.1 Å². The summed E-state index contributed by atoms with van der Waals surface area (Å²) in [6.07, 6.45) is 4.78. The van der Waals surface area contributed by atoms with Crippen LogP contribution in [0.4, 0.5) is 56.0 Å². The van der Waals surface area contributed by atoms with Crippen molar-refractivity contribution in [3.8, 4) is 63.9 Å². The summed E-state index contributed by atoms with van der Waals surface area (Å²) in [4.78, 5) is 68.5. The zero-order valence-corrected chi connectivity index (χ0v) is 62.6. The Morgan fingerprint density at radius 2 is 0.866 bits per heavy atom. The third kappa shape index (κ3) is 19.2. The number of rotatable bonds is 20. The number of ether oxygens (including phenoxy) is 4. The largest absolute Gasteiger partial charge is 0.487 e. The van der Waals surface area contributed by atoms with Gasteiger partial charge in [-0.15, -0.1) is 0 Å².